The van der Waals surface area contributed by atoms with Gasteiger partial charge in [-0.25, -0.2) is 19.7 Å². The number of aromatic nitrogens is 2. The molecule has 1 N–H and O–H groups in total. The molecule has 1 saturated carbocycles. The lowest BCUT2D eigenvalue weighted by Gasteiger charge is -2.13. The van der Waals surface area contributed by atoms with Crippen molar-refractivity contribution in [3.8, 4) is 17.4 Å². The molecule has 1 aromatic heterocycles. The second-order valence-corrected chi connectivity index (χ2v) is 6.86. The minimum atomic E-state index is -0.568. The van der Waals surface area contributed by atoms with E-state index in [9.17, 15) is 9.59 Å². The number of imide groups is 1. The van der Waals surface area contributed by atoms with Crippen molar-refractivity contribution in [3.63, 3.8) is 0 Å². The molecule has 2 fully saturated rings. The normalized spacial score (nSPS) is 22.2. The first kappa shape index (κ1) is 15.1. The van der Waals surface area contributed by atoms with Crippen LogP contribution in [-0.2, 0) is 10.2 Å². The summed E-state index contributed by atoms with van der Waals surface area (Å²) in [6.45, 7) is 2.31. The van der Waals surface area contributed by atoms with Gasteiger partial charge in [-0.2, -0.15) is 0 Å². The van der Waals surface area contributed by atoms with E-state index in [1.807, 2.05) is 18.2 Å². The monoisotopic (exact) mass is 352 g/mol. The largest absolute Gasteiger partial charge is 0.492 e. The number of hydrogen-bond acceptors (Lipinski definition) is 6. The van der Waals surface area contributed by atoms with E-state index in [1.54, 1.807) is 6.92 Å². The minimum absolute atomic E-state index is 0.0789. The zero-order chi connectivity index (χ0) is 17.9. The van der Waals surface area contributed by atoms with E-state index in [2.05, 4.69) is 15.3 Å². The van der Waals surface area contributed by atoms with Crippen LogP contribution in [0.2, 0.25) is 0 Å². The maximum Gasteiger partial charge on any atom is 0.330 e. The van der Waals surface area contributed by atoms with E-state index in [0.29, 0.717) is 18.2 Å². The van der Waals surface area contributed by atoms with Gasteiger partial charge in [-0.05, 0) is 31.9 Å². The van der Waals surface area contributed by atoms with Crippen LogP contribution in [0.3, 0.4) is 0 Å². The molecule has 132 valence electrons. The molecule has 1 atom stereocenters. The Labute approximate surface area is 149 Å². The summed E-state index contributed by atoms with van der Waals surface area (Å²) in [7, 11) is 0. The Morgan fingerprint density at radius 1 is 1.27 bits per heavy atom. The van der Waals surface area contributed by atoms with Crippen molar-refractivity contribution in [3.05, 3.63) is 36.2 Å². The van der Waals surface area contributed by atoms with Gasteiger partial charge >= 0.3 is 6.03 Å². The van der Waals surface area contributed by atoms with Crippen LogP contribution in [0.15, 0.2) is 30.6 Å². The second-order valence-electron chi connectivity index (χ2n) is 6.86. The quantitative estimate of drug-likeness (QED) is 0.851. The molecule has 5 rings (SSSR count). The fourth-order valence-corrected chi connectivity index (χ4v) is 3.48. The molecule has 2 aliphatic heterocycles. The van der Waals surface area contributed by atoms with Crippen LogP contribution in [0.5, 0.6) is 17.4 Å². The van der Waals surface area contributed by atoms with Gasteiger partial charge < -0.3 is 14.8 Å². The van der Waals surface area contributed by atoms with E-state index in [4.69, 9.17) is 9.47 Å². The van der Waals surface area contributed by atoms with Crippen LogP contribution in [-0.4, -0.2) is 34.6 Å². The van der Waals surface area contributed by atoms with Crippen LogP contribution in [0.4, 0.5) is 10.6 Å². The van der Waals surface area contributed by atoms with Gasteiger partial charge in [0.2, 0.25) is 5.88 Å². The van der Waals surface area contributed by atoms with E-state index < -0.39 is 12.1 Å². The summed E-state index contributed by atoms with van der Waals surface area (Å²) in [6.07, 6.45) is 4.95. The first-order valence-electron chi connectivity index (χ1n) is 8.48. The zero-order valence-corrected chi connectivity index (χ0v) is 14.1. The second kappa shape index (κ2) is 5.17. The van der Waals surface area contributed by atoms with Crippen LogP contribution in [0, 0.1) is 0 Å². The molecule has 1 aliphatic carbocycles. The van der Waals surface area contributed by atoms with E-state index >= 15 is 0 Å². The highest BCUT2D eigenvalue weighted by molar-refractivity contribution is 6.20. The van der Waals surface area contributed by atoms with Gasteiger partial charge in [0.15, 0.2) is 5.82 Å². The van der Waals surface area contributed by atoms with Crippen molar-refractivity contribution in [1.29, 1.82) is 0 Å². The highest BCUT2D eigenvalue weighted by Crippen LogP contribution is 2.58. The van der Waals surface area contributed by atoms with Crippen molar-refractivity contribution in [2.45, 2.75) is 31.2 Å². The predicted octanol–water partition coefficient (Wildman–Crippen LogP) is 2.14. The highest BCUT2D eigenvalue weighted by atomic mass is 16.5. The Morgan fingerprint density at radius 2 is 2.12 bits per heavy atom. The Balaban J connectivity index is 1.41. The summed E-state index contributed by atoms with van der Waals surface area (Å²) < 4.78 is 11.7. The lowest BCUT2D eigenvalue weighted by atomic mass is 9.97. The molecule has 1 spiro atoms. The van der Waals surface area contributed by atoms with E-state index in [0.717, 1.165) is 29.1 Å². The number of carbonyl (C=O) groups is 2. The lowest BCUT2D eigenvalue weighted by molar-refractivity contribution is -0.118. The van der Waals surface area contributed by atoms with E-state index in [-0.39, 0.29) is 17.1 Å². The predicted molar refractivity (Wildman–Crippen MR) is 90.4 cm³/mol. The van der Waals surface area contributed by atoms with Gasteiger partial charge in [-0.1, -0.05) is 6.07 Å². The standard InChI is InChI=1S/C18H16N4O4/c1-10-16(23)22(17(24)21-10)13-7-20-14(8-19-13)26-12-4-2-3-11-15(12)18(5-6-18)9-25-11/h2-4,7-8,10H,5-6,9H2,1H3,(H,21,24). The van der Waals surface area contributed by atoms with Crippen molar-refractivity contribution in [2.75, 3.05) is 11.5 Å². The van der Waals surface area contributed by atoms with Gasteiger partial charge in [-0.3, -0.25) is 4.79 Å². The van der Waals surface area contributed by atoms with Gasteiger partial charge in [0.25, 0.3) is 5.91 Å². The third-order valence-corrected chi connectivity index (χ3v) is 5.07. The number of benzene rings is 1. The number of rotatable bonds is 3. The Kier molecular flexibility index (Phi) is 3.01. The van der Waals surface area contributed by atoms with Crippen LogP contribution in [0.25, 0.3) is 0 Å². The topological polar surface area (TPSA) is 93.7 Å². The molecule has 2 aromatic rings. The minimum Gasteiger partial charge on any atom is -0.492 e. The SMILES string of the molecule is CC1NC(=O)N(c2cnc(Oc3cccc4c3C3(CC3)CO4)cn2)C1=O. The fourth-order valence-electron chi connectivity index (χ4n) is 3.48. The summed E-state index contributed by atoms with van der Waals surface area (Å²) in [4.78, 5) is 33.2. The van der Waals surface area contributed by atoms with Crippen molar-refractivity contribution in [2.24, 2.45) is 0 Å². The molecule has 26 heavy (non-hydrogen) atoms. The number of amides is 3. The molecule has 1 unspecified atom stereocenters. The molecule has 3 amide bonds. The smallest absolute Gasteiger partial charge is 0.330 e. The van der Waals surface area contributed by atoms with Gasteiger partial charge in [-0.15, -0.1) is 0 Å². The van der Waals surface area contributed by atoms with Crippen molar-refractivity contribution < 1.29 is 19.1 Å². The average Bonchev–Trinajstić information content (AvgIpc) is 3.24. The number of anilines is 1. The number of ether oxygens (including phenoxy) is 2. The molecule has 3 aliphatic rings. The molecule has 8 nitrogen and oxygen atoms in total. The van der Waals surface area contributed by atoms with Crippen molar-refractivity contribution >= 4 is 17.8 Å². The van der Waals surface area contributed by atoms with Crippen molar-refractivity contribution in [1.82, 2.24) is 15.3 Å². The molecule has 1 saturated heterocycles. The third kappa shape index (κ3) is 2.15. The number of fused-ring (bicyclic) bond motifs is 2. The maximum atomic E-state index is 12.0. The number of hydrogen-bond donors (Lipinski definition) is 1. The highest BCUT2D eigenvalue weighted by Gasteiger charge is 2.52. The van der Waals surface area contributed by atoms with Crippen LogP contribution < -0.4 is 19.7 Å². The molecule has 0 bridgehead atoms. The Morgan fingerprint density at radius 3 is 2.77 bits per heavy atom. The Bertz CT molecular complexity index is 923. The summed E-state index contributed by atoms with van der Waals surface area (Å²) >= 11 is 0. The maximum absolute atomic E-state index is 12.0. The molecule has 8 heteroatoms. The lowest BCUT2D eigenvalue weighted by Crippen LogP contribution is -2.31. The number of carbonyl (C=O) groups excluding carboxylic acids is 2. The van der Waals surface area contributed by atoms with Crippen LogP contribution >= 0.6 is 0 Å². The summed E-state index contributed by atoms with van der Waals surface area (Å²) in [6, 6.07) is 4.65. The van der Waals surface area contributed by atoms with Gasteiger partial charge in [0.1, 0.15) is 17.5 Å². The molecular weight excluding hydrogens is 336 g/mol. The van der Waals surface area contributed by atoms with Gasteiger partial charge in [0, 0.05) is 11.0 Å². The van der Waals surface area contributed by atoms with Crippen LogP contribution in [0.1, 0.15) is 25.3 Å². The third-order valence-electron chi connectivity index (χ3n) is 5.07. The number of urea groups is 1. The molecule has 1 aromatic carbocycles. The molecule has 3 heterocycles. The van der Waals surface area contributed by atoms with Gasteiger partial charge in [0.05, 0.1) is 19.0 Å². The fraction of sp³-hybridized carbons (Fsp3) is 0.333. The average molecular weight is 352 g/mol. The number of nitrogens with zero attached hydrogens (tertiary/aromatic N) is 3. The summed E-state index contributed by atoms with van der Waals surface area (Å²) in [5, 5.41) is 2.54. The Hall–Kier alpha value is -3.16. The summed E-state index contributed by atoms with van der Waals surface area (Å²) in [5.74, 6) is 1.68. The zero-order valence-electron chi connectivity index (χ0n) is 14.1. The molecule has 0 radical (unpaired) electrons. The molecular formula is C18H16N4O4. The first-order valence-corrected chi connectivity index (χ1v) is 8.48. The number of nitrogens with one attached hydrogen (secondary N) is 1. The van der Waals surface area contributed by atoms with E-state index in [1.165, 1.54) is 12.4 Å². The summed E-state index contributed by atoms with van der Waals surface area (Å²) in [5.41, 5.74) is 1.17. The first-order chi connectivity index (χ1) is 12.6.